The number of fused-ring (bicyclic) bond motifs is 2. The zero-order valence-electron chi connectivity index (χ0n) is 17.8. The van der Waals surface area contributed by atoms with Crippen LogP contribution in [0.25, 0.3) is 16.6 Å². The van der Waals surface area contributed by atoms with Crippen molar-refractivity contribution in [1.82, 2.24) is 30.1 Å². The van der Waals surface area contributed by atoms with Gasteiger partial charge in [-0.2, -0.15) is 4.52 Å². The Hall–Kier alpha value is -3.91. The summed E-state index contributed by atoms with van der Waals surface area (Å²) in [6.07, 6.45) is 3.42. The highest BCUT2D eigenvalue weighted by molar-refractivity contribution is 6.30. The smallest absolute Gasteiger partial charge is 0.251 e. The van der Waals surface area contributed by atoms with E-state index in [1.807, 2.05) is 24.3 Å². The predicted octanol–water partition coefficient (Wildman–Crippen LogP) is 3.89. The summed E-state index contributed by atoms with van der Waals surface area (Å²) in [5.41, 5.74) is 3.59. The van der Waals surface area contributed by atoms with Crippen LogP contribution in [0.3, 0.4) is 0 Å². The van der Waals surface area contributed by atoms with Crippen molar-refractivity contribution >= 4 is 39.9 Å². The Bertz CT molecular complexity index is 1420. The van der Waals surface area contributed by atoms with Gasteiger partial charge in [0.1, 0.15) is 5.82 Å². The number of aromatic nitrogens is 5. The average Bonchev–Trinajstić information content (AvgIpc) is 3.43. The summed E-state index contributed by atoms with van der Waals surface area (Å²) in [7, 11) is 0. The highest BCUT2D eigenvalue weighted by Crippen LogP contribution is 2.18. The van der Waals surface area contributed by atoms with Crippen LogP contribution in [0, 0.1) is 0 Å². The molecule has 0 spiro atoms. The Morgan fingerprint density at radius 1 is 1.00 bits per heavy atom. The van der Waals surface area contributed by atoms with Crippen LogP contribution in [-0.2, 0) is 12.8 Å². The number of hydrogen-bond donors (Lipinski definition) is 3. The van der Waals surface area contributed by atoms with Crippen molar-refractivity contribution in [3.8, 4) is 0 Å². The molecule has 0 fully saturated rings. The highest BCUT2D eigenvalue weighted by Gasteiger charge is 2.10. The van der Waals surface area contributed by atoms with Gasteiger partial charge in [-0.25, -0.2) is 0 Å². The van der Waals surface area contributed by atoms with Crippen molar-refractivity contribution in [3.05, 3.63) is 88.8 Å². The Balaban J connectivity index is 1.20. The van der Waals surface area contributed by atoms with E-state index in [2.05, 4.69) is 49.2 Å². The molecule has 5 rings (SSSR count). The molecular formula is C24H22ClN7O. The van der Waals surface area contributed by atoms with Crippen molar-refractivity contribution in [1.29, 1.82) is 0 Å². The van der Waals surface area contributed by atoms with Crippen LogP contribution in [0.5, 0.6) is 0 Å². The van der Waals surface area contributed by atoms with Crippen LogP contribution >= 0.6 is 11.6 Å². The number of halogens is 1. The summed E-state index contributed by atoms with van der Waals surface area (Å²) < 4.78 is 1.71. The number of H-pyrrole nitrogens is 1. The van der Waals surface area contributed by atoms with Gasteiger partial charge >= 0.3 is 0 Å². The Morgan fingerprint density at radius 2 is 1.91 bits per heavy atom. The number of nitrogens with zero attached hydrogens (tertiary/aromatic N) is 4. The molecule has 0 radical (unpaired) electrons. The van der Waals surface area contributed by atoms with E-state index in [9.17, 15) is 4.79 Å². The molecule has 5 aromatic rings. The number of hydrogen-bond acceptors (Lipinski definition) is 5. The van der Waals surface area contributed by atoms with Crippen LogP contribution in [0.4, 0.5) is 5.82 Å². The topological polar surface area (TPSA) is 100 Å². The lowest BCUT2D eigenvalue weighted by Gasteiger charge is -2.07. The minimum Gasteiger partial charge on any atom is -0.368 e. The van der Waals surface area contributed by atoms with Gasteiger partial charge in [0.25, 0.3) is 5.91 Å². The van der Waals surface area contributed by atoms with Crippen LogP contribution in [0.2, 0.25) is 5.02 Å². The fraction of sp³-hybridized carbons (Fsp3) is 0.167. The first kappa shape index (κ1) is 21.0. The monoisotopic (exact) mass is 459 g/mol. The Labute approximate surface area is 195 Å². The quantitative estimate of drug-likeness (QED) is 0.327. The Morgan fingerprint density at radius 3 is 2.82 bits per heavy atom. The molecule has 0 bridgehead atoms. The number of rotatable bonds is 8. The molecule has 0 aliphatic rings. The zero-order chi connectivity index (χ0) is 22.6. The first-order valence-corrected chi connectivity index (χ1v) is 11.1. The Kier molecular flexibility index (Phi) is 5.91. The molecule has 33 heavy (non-hydrogen) atoms. The number of amides is 1. The molecule has 0 aliphatic heterocycles. The van der Waals surface area contributed by atoms with Gasteiger partial charge in [-0.05, 0) is 48.4 Å². The second-order valence-electron chi connectivity index (χ2n) is 7.66. The van der Waals surface area contributed by atoms with Crippen molar-refractivity contribution in [2.45, 2.75) is 12.8 Å². The minimum atomic E-state index is -0.182. The largest absolute Gasteiger partial charge is 0.368 e. The lowest BCUT2D eigenvalue weighted by atomic mass is 10.1. The average molecular weight is 460 g/mol. The SMILES string of the molecule is O=C(NCCc1nnc2ccc(NCCc3c[nH]c4ccccc34)nn12)c1cccc(Cl)c1. The summed E-state index contributed by atoms with van der Waals surface area (Å²) in [4.78, 5) is 15.6. The lowest BCUT2D eigenvalue weighted by molar-refractivity contribution is 0.0954. The van der Waals surface area contributed by atoms with Gasteiger partial charge in [0.05, 0.1) is 0 Å². The normalized spacial score (nSPS) is 11.2. The minimum absolute atomic E-state index is 0.182. The molecular weight excluding hydrogens is 438 g/mol. The van der Waals surface area contributed by atoms with Gasteiger partial charge in [-0.15, -0.1) is 15.3 Å². The van der Waals surface area contributed by atoms with Gasteiger partial charge in [0, 0.05) is 47.2 Å². The van der Waals surface area contributed by atoms with Crippen LogP contribution in [-0.4, -0.2) is 43.8 Å². The number of carbonyl (C=O) groups excluding carboxylic acids is 1. The number of carbonyl (C=O) groups is 1. The molecule has 3 heterocycles. The molecule has 3 aromatic heterocycles. The third-order valence-electron chi connectivity index (χ3n) is 5.42. The van der Waals surface area contributed by atoms with Crippen LogP contribution in [0.15, 0.2) is 66.9 Å². The van der Waals surface area contributed by atoms with Gasteiger partial charge in [0.2, 0.25) is 0 Å². The van der Waals surface area contributed by atoms with Crippen molar-refractivity contribution in [3.63, 3.8) is 0 Å². The second kappa shape index (κ2) is 9.30. The second-order valence-corrected chi connectivity index (χ2v) is 8.09. The maximum absolute atomic E-state index is 12.3. The molecule has 166 valence electrons. The molecule has 0 atom stereocenters. The fourth-order valence-electron chi connectivity index (χ4n) is 3.77. The van der Waals surface area contributed by atoms with Crippen molar-refractivity contribution < 1.29 is 4.79 Å². The molecule has 1 amide bonds. The summed E-state index contributed by atoms with van der Waals surface area (Å²) in [6.45, 7) is 1.15. The van der Waals surface area contributed by atoms with E-state index >= 15 is 0 Å². The molecule has 9 heteroatoms. The van der Waals surface area contributed by atoms with Crippen LogP contribution in [0.1, 0.15) is 21.7 Å². The summed E-state index contributed by atoms with van der Waals surface area (Å²) in [5, 5.41) is 21.0. The summed E-state index contributed by atoms with van der Waals surface area (Å²) in [5.74, 6) is 1.24. The van der Waals surface area contributed by atoms with Gasteiger partial charge in [0.15, 0.2) is 11.5 Å². The maximum Gasteiger partial charge on any atom is 0.251 e. The van der Waals surface area contributed by atoms with Gasteiger partial charge in [-0.3, -0.25) is 4.79 Å². The van der Waals surface area contributed by atoms with Gasteiger partial charge in [-0.1, -0.05) is 35.9 Å². The van der Waals surface area contributed by atoms with E-state index in [1.54, 1.807) is 28.8 Å². The number of anilines is 1. The fourth-order valence-corrected chi connectivity index (χ4v) is 3.96. The van der Waals surface area contributed by atoms with E-state index in [1.165, 1.54) is 10.9 Å². The number of benzene rings is 2. The predicted molar refractivity (Wildman–Crippen MR) is 129 cm³/mol. The van der Waals surface area contributed by atoms with Gasteiger partial charge < -0.3 is 15.6 Å². The van der Waals surface area contributed by atoms with E-state index < -0.39 is 0 Å². The number of para-hydroxylation sites is 1. The number of aromatic amines is 1. The standard InChI is InChI=1S/C24H22ClN7O/c25-18-5-3-4-16(14-18)24(33)27-13-11-23-30-29-22-9-8-21(31-32(22)23)26-12-10-17-15-28-20-7-2-1-6-19(17)20/h1-9,14-15,28H,10-13H2,(H,26,31)(H,27,33). The third kappa shape index (κ3) is 4.65. The molecule has 0 saturated carbocycles. The van der Waals surface area contributed by atoms with E-state index in [4.69, 9.17) is 11.6 Å². The summed E-state index contributed by atoms with van der Waals surface area (Å²) in [6, 6.07) is 18.9. The van der Waals surface area contributed by atoms with E-state index in [0.29, 0.717) is 35.0 Å². The molecule has 3 N–H and O–H groups in total. The first-order chi connectivity index (χ1) is 16.2. The van der Waals surface area contributed by atoms with Crippen LogP contribution < -0.4 is 10.6 Å². The maximum atomic E-state index is 12.3. The molecule has 0 aliphatic carbocycles. The molecule has 0 unspecified atom stereocenters. The van der Waals surface area contributed by atoms with E-state index in [-0.39, 0.29) is 5.91 Å². The lowest BCUT2D eigenvalue weighted by Crippen LogP contribution is -2.26. The summed E-state index contributed by atoms with van der Waals surface area (Å²) >= 11 is 5.96. The number of nitrogens with one attached hydrogen (secondary N) is 3. The zero-order valence-corrected chi connectivity index (χ0v) is 18.5. The van der Waals surface area contributed by atoms with Crippen molar-refractivity contribution in [2.75, 3.05) is 18.4 Å². The third-order valence-corrected chi connectivity index (χ3v) is 5.66. The molecule has 0 saturated heterocycles. The first-order valence-electron chi connectivity index (χ1n) is 10.7. The molecule has 8 nitrogen and oxygen atoms in total. The molecule has 2 aromatic carbocycles. The van der Waals surface area contributed by atoms with E-state index in [0.717, 1.165) is 24.3 Å². The highest BCUT2D eigenvalue weighted by atomic mass is 35.5. The van der Waals surface area contributed by atoms with Crippen molar-refractivity contribution in [2.24, 2.45) is 0 Å².